The highest BCUT2D eigenvalue weighted by atomic mass is 35.5. The topological polar surface area (TPSA) is 62.1 Å². The first kappa shape index (κ1) is 23.6. The van der Waals surface area contributed by atoms with E-state index in [1.54, 1.807) is 4.68 Å². The highest BCUT2D eigenvalue weighted by Crippen LogP contribution is 2.39. The minimum absolute atomic E-state index is 0.0647. The monoisotopic (exact) mass is 498 g/mol. The zero-order valence-corrected chi connectivity index (χ0v) is 20.5. The lowest BCUT2D eigenvalue weighted by atomic mass is 9.91. The molecular weight excluding hydrogens is 474 g/mol. The van der Waals surface area contributed by atoms with Gasteiger partial charge in [-0.15, -0.1) is 0 Å². The first-order valence-electron chi connectivity index (χ1n) is 11.4. The molecule has 0 amide bonds. The Labute approximate surface area is 206 Å². The Morgan fingerprint density at radius 3 is 2.54 bits per heavy atom. The van der Waals surface area contributed by atoms with Gasteiger partial charge >= 0.3 is 0 Å². The van der Waals surface area contributed by atoms with Crippen LogP contribution in [0, 0.1) is 17.0 Å². The molecule has 0 fully saturated rings. The molecule has 1 aliphatic rings. The molecule has 0 atom stereocenters. The Morgan fingerprint density at radius 1 is 1.06 bits per heavy atom. The van der Waals surface area contributed by atoms with E-state index in [9.17, 15) is 8.78 Å². The van der Waals surface area contributed by atoms with Crippen molar-refractivity contribution in [3.63, 3.8) is 0 Å². The third kappa shape index (κ3) is 4.60. The molecule has 182 valence electrons. The van der Waals surface area contributed by atoms with Crippen LogP contribution >= 0.6 is 11.6 Å². The highest BCUT2D eigenvalue weighted by Gasteiger charge is 2.33. The summed E-state index contributed by atoms with van der Waals surface area (Å²) in [4.78, 5) is 9.32. The maximum atomic E-state index is 14.9. The number of methoxy groups -OCH3 is 1. The predicted octanol–water partition coefficient (Wildman–Crippen LogP) is 5.62. The Balaban J connectivity index is 1.53. The average Bonchev–Trinajstić information content (AvgIpc) is 3.33. The highest BCUT2D eigenvalue weighted by molar-refractivity contribution is 6.30. The van der Waals surface area contributed by atoms with Crippen molar-refractivity contribution in [1.29, 1.82) is 0 Å². The van der Waals surface area contributed by atoms with E-state index in [4.69, 9.17) is 26.1 Å². The molecule has 0 spiro atoms. The molecule has 2 aromatic carbocycles. The second kappa shape index (κ2) is 9.17. The van der Waals surface area contributed by atoms with E-state index in [1.165, 1.54) is 19.2 Å². The molecule has 9 heteroatoms. The van der Waals surface area contributed by atoms with E-state index >= 15 is 0 Å². The van der Waals surface area contributed by atoms with E-state index < -0.39 is 11.6 Å². The average molecular weight is 499 g/mol. The zero-order chi connectivity index (χ0) is 24.7. The maximum absolute atomic E-state index is 14.9. The molecule has 2 heterocycles. The number of halogens is 3. The summed E-state index contributed by atoms with van der Waals surface area (Å²) in [5.41, 5.74) is 3.08. The molecule has 0 bridgehead atoms. The van der Waals surface area contributed by atoms with Crippen molar-refractivity contribution in [1.82, 2.24) is 19.7 Å². The normalized spacial score (nSPS) is 14.5. The third-order valence-corrected chi connectivity index (χ3v) is 6.50. The molecular formula is C26H25ClF2N4O2. The summed E-state index contributed by atoms with van der Waals surface area (Å²) in [5.74, 6) is -0.907. The zero-order valence-electron chi connectivity index (χ0n) is 19.7. The molecule has 0 unspecified atom stereocenters. The first-order chi connectivity index (χ1) is 16.8. The van der Waals surface area contributed by atoms with Crippen LogP contribution in [0.15, 0.2) is 36.4 Å². The second-order valence-corrected chi connectivity index (χ2v) is 9.87. The maximum Gasteiger partial charge on any atom is 0.182 e. The summed E-state index contributed by atoms with van der Waals surface area (Å²) in [6.45, 7) is 4.75. The third-order valence-electron chi connectivity index (χ3n) is 6.19. The molecule has 35 heavy (non-hydrogen) atoms. The van der Waals surface area contributed by atoms with Gasteiger partial charge in [0.05, 0.1) is 18.7 Å². The van der Waals surface area contributed by atoms with Crippen LogP contribution in [-0.4, -0.2) is 40.1 Å². The van der Waals surface area contributed by atoms with Crippen molar-refractivity contribution in [3.05, 3.63) is 70.0 Å². The van der Waals surface area contributed by atoms with Crippen LogP contribution < -0.4 is 4.74 Å². The number of benzene rings is 2. The van der Waals surface area contributed by atoms with Gasteiger partial charge in [0.2, 0.25) is 0 Å². The molecule has 5 rings (SSSR count). The lowest BCUT2D eigenvalue weighted by Crippen LogP contribution is -2.09. The van der Waals surface area contributed by atoms with Crippen LogP contribution in [0.3, 0.4) is 0 Å². The van der Waals surface area contributed by atoms with Crippen molar-refractivity contribution >= 4 is 22.5 Å². The van der Waals surface area contributed by atoms with Gasteiger partial charge in [-0.3, -0.25) is 4.68 Å². The second-order valence-electron chi connectivity index (χ2n) is 9.51. The molecule has 0 radical (unpaired) electrons. The molecule has 0 saturated heterocycles. The summed E-state index contributed by atoms with van der Waals surface area (Å²) in [5, 5.41) is 5.88. The van der Waals surface area contributed by atoms with Gasteiger partial charge in [-0.05, 0) is 24.3 Å². The van der Waals surface area contributed by atoms with E-state index in [-0.39, 0.29) is 29.9 Å². The fourth-order valence-corrected chi connectivity index (χ4v) is 4.80. The Kier molecular flexibility index (Phi) is 6.19. The minimum atomic E-state index is -0.711. The summed E-state index contributed by atoms with van der Waals surface area (Å²) in [6.07, 6.45) is 1.62. The standard InChI is InChI=1S/C26H25ClF2N4O2/c1-26(2)12-17-21(13-26)30-25(31-24(17)27)23-16-6-4-5-7-22(16)33(32-23)14-18-19(28)10-15(11-20(18)29)35-9-8-34-3/h4-7,10-11H,8-9,12-14H2,1-3H3. The predicted molar refractivity (Wildman–Crippen MR) is 130 cm³/mol. The van der Waals surface area contributed by atoms with Crippen LogP contribution in [-0.2, 0) is 24.1 Å². The smallest absolute Gasteiger partial charge is 0.182 e. The fraction of sp³-hybridized carbons (Fsp3) is 0.346. The number of hydrogen-bond acceptors (Lipinski definition) is 5. The van der Waals surface area contributed by atoms with Crippen molar-refractivity contribution in [2.24, 2.45) is 5.41 Å². The van der Waals surface area contributed by atoms with E-state index in [0.717, 1.165) is 29.5 Å². The molecule has 6 nitrogen and oxygen atoms in total. The van der Waals surface area contributed by atoms with Gasteiger partial charge in [0.1, 0.15) is 34.8 Å². The van der Waals surface area contributed by atoms with E-state index in [1.807, 2.05) is 24.3 Å². The van der Waals surface area contributed by atoms with Crippen LogP contribution in [0.2, 0.25) is 5.15 Å². The van der Waals surface area contributed by atoms with Crippen LogP contribution in [0.1, 0.15) is 30.7 Å². The van der Waals surface area contributed by atoms with Crippen molar-refractivity contribution in [2.45, 2.75) is 33.2 Å². The number of aromatic nitrogens is 4. The molecule has 4 aromatic rings. The van der Waals surface area contributed by atoms with Crippen molar-refractivity contribution < 1.29 is 18.3 Å². The quantitative estimate of drug-likeness (QED) is 0.244. The minimum Gasteiger partial charge on any atom is -0.491 e. The van der Waals surface area contributed by atoms with Gasteiger partial charge in [0.25, 0.3) is 0 Å². The summed E-state index contributed by atoms with van der Waals surface area (Å²) in [7, 11) is 1.53. The van der Waals surface area contributed by atoms with E-state index in [0.29, 0.717) is 28.8 Å². The summed E-state index contributed by atoms with van der Waals surface area (Å²) >= 11 is 6.54. The van der Waals surface area contributed by atoms with Crippen molar-refractivity contribution in [3.8, 4) is 17.3 Å². The number of nitrogens with zero attached hydrogens (tertiary/aromatic N) is 4. The number of fused-ring (bicyclic) bond motifs is 2. The van der Waals surface area contributed by atoms with Crippen LogP contribution in [0.25, 0.3) is 22.4 Å². The van der Waals surface area contributed by atoms with Crippen LogP contribution in [0.5, 0.6) is 5.75 Å². The number of ether oxygens (including phenoxy) is 2. The SMILES string of the molecule is COCCOc1cc(F)c(Cn2nc(-c3nc(Cl)c4c(n3)CC(C)(C)C4)c3ccccc32)c(F)c1. The number of rotatable bonds is 7. The van der Waals surface area contributed by atoms with E-state index in [2.05, 4.69) is 23.9 Å². The van der Waals surface area contributed by atoms with Gasteiger partial charge < -0.3 is 9.47 Å². The molecule has 0 N–H and O–H groups in total. The lowest BCUT2D eigenvalue weighted by Gasteiger charge is -2.14. The Hall–Kier alpha value is -3.10. The number of para-hydroxylation sites is 1. The number of hydrogen-bond donors (Lipinski definition) is 0. The van der Waals surface area contributed by atoms with Gasteiger partial charge in [0.15, 0.2) is 5.82 Å². The summed E-state index contributed by atoms with van der Waals surface area (Å²) in [6, 6.07) is 9.81. The molecule has 0 aliphatic heterocycles. The van der Waals surface area contributed by atoms with Crippen LogP contribution in [0.4, 0.5) is 8.78 Å². The summed E-state index contributed by atoms with van der Waals surface area (Å²) < 4.78 is 41.6. The van der Waals surface area contributed by atoms with Gasteiger partial charge in [-0.1, -0.05) is 43.6 Å². The molecule has 0 saturated carbocycles. The van der Waals surface area contributed by atoms with Gasteiger partial charge in [0, 0.05) is 41.4 Å². The lowest BCUT2D eigenvalue weighted by molar-refractivity contribution is 0.146. The van der Waals surface area contributed by atoms with Gasteiger partial charge in [-0.2, -0.15) is 5.10 Å². The Bertz CT molecular complexity index is 1400. The molecule has 1 aliphatic carbocycles. The molecule has 2 aromatic heterocycles. The first-order valence-corrected chi connectivity index (χ1v) is 11.7. The fourth-order valence-electron chi connectivity index (χ4n) is 4.54. The largest absolute Gasteiger partial charge is 0.491 e. The van der Waals surface area contributed by atoms with Crippen molar-refractivity contribution in [2.75, 3.05) is 20.3 Å². The Morgan fingerprint density at radius 2 is 1.80 bits per heavy atom. The van der Waals surface area contributed by atoms with Gasteiger partial charge in [-0.25, -0.2) is 18.7 Å².